The summed E-state index contributed by atoms with van der Waals surface area (Å²) in [5.41, 5.74) is -0.792. The first-order valence-corrected chi connectivity index (χ1v) is 7.24. The van der Waals surface area contributed by atoms with Crippen molar-refractivity contribution in [3.8, 4) is 0 Å². The topological polar surface area (TPSA) is 64.1 Å². The number of carboxylic acid groups (broad SMARTS) is 1. The quantitative estimate of drug-likeness (QED) is 0.777. The number of carbonyl (C=O) groups excluding carboxylic acids is 1. The normalized spacial score (nSPS) is 35.4. The number of nitrogens with zero attached hydrogens (tertiary/aromatic N) is 3. The van der Waals surface area contributed by atoms with Gasteiger partial charge < -0.3 is 14.9 Å². The molecule has 6 heteroatoms. The number of carbonyl (C=O) groups is 2. The Morgan fingerprint density at radius 1 is 1.15 bits per heavy atom. The molecular formula is C14H25N3O3. The molecule has 114 valence electrons. The zero-order chi connectivity index (χ0) is 15.1. The van der Waals surface area contributed by atoms with Gasteiger partial charge in [-0.05, 0) is 34.2 Å². The molecule has 2 saturated heterocycles. The highest BCUT2D eigenvalue weighted by Gasteiger charge is 2.43. The van der Waals surface area contributed by atoms with Crippen molar-refractivity contribution in [1.82, 2.24) is 14.7 Å². The van der Waals surface area contributed by atoms with E-state index in [0.29, 0.717) is 44.7 Å². The highest BCUT2D eigenvalue weighted by atomic mass is 16.4. The van der Waals surface area contributed by atoms with E-state index in [1.165, 1.54) is 0 Å². The smallest absolute Gasteiger partial charge is 0.320 e. The van der Waals surface area contributed by atoms with Gasteiger partial charge in [-0.1, -0.05) is 0 Å². The predicted molar refractivity (Wildman–Crippen MR) is 75.6 cm³/mol. The Hall–Kier alpha value is -1.30. The van der Waals surface area contributed by atoms with Gasteiger partial charge in [0.1, 0.15) is 0 Å². The van der Waals surface area contributed by atoms with E-state index in [4.69, 9.17) is 0 Å². The Balaban J connectivity index is 2.01. The molecule has 3 unspecified atom stereocenters. The summed E-state index contributed by atoms with van der Waals surface area (Å²) in [4.78, 5) is 29.6. The van der Waals surface area contributed by atoms with Crippen molar-refractivity contribution in [2.24, 2.45) is 5.41 Å². The van der Waals surface area contributed by atoms with E-state index >= 15 is 0 Å². The maximum atomic E-state index is 12.5. The van der Waals surface area contributed by atoms with Gasteiger partial charge in [0.2, 0.25) is 0 Å². The standard InChI is InChI=1S/C14H25N3O3/c1-10-7-17(8-11(2)15(10)4)13(20)16-6-5-14(3,9-16)12(18)19/h10-11H,5-9H2,1-4H3,(H,18,19). The summed E-state index contributed by atoms with van der Waals surface area (Å²) in [6.45, 7) is 8.22. The van der Waals surface area contributed by atoms with E-state index in [-0.39, 0.29) is 6.03 Å². The number of likely N-dealkylation sites (tertiary alicyclic amines) is 1. The van der Waals surface area contributed by atoms with Crippen molar-refractivity contribution in [3.05, 3.63) is 0 Å². The molecule has 20 heavy (non-hydrogen) atoms. The molecule has 2 rings (SSSR count). The minimum absolute atomic E-state index is 0.0122. The number of aliphatic carboxylic acids is 1. The molecule has 2 fully saturated rings. The SMILES string of the molecule is CC1CN(C(=O)N2CCC(C)(C(=O)O)C2)CC(C)N1C. The first-order valence-electron chi connectivity index (χ1n) is 7.24. The van der Waals surface area contributed by atoms with Gasteiger partial charge in [-0.15, -0.1) is 0 Å². The molecule has 1 N–H and O–H groups in total. The second kappa shape index (κ2) is 5.24. The molecular weight excluding hydrogens is 258 g/mol. The molecule has 0 aliphatic carbocycles. The fourth-order valence-corrected chi connectivity index (χ4v) is 3.06. The van der Waals surface area contributed by atoms with Gasteiger partial charge in [-0.2, -0.15) is 0 Å². The fraction of sp³-hybridized carbons (Fsp3) is 0.857. The van der Waals surface area contributed by atoms with Crippen LogP contribution in [0, 0.1) is 5.41 Å². The Bertz CT molecular complexity index is 402. The second-order valence-electron chi connectivity index (χ2n) is 6.59. The molecule has 6 nitrogen and oxygen atoms in total. The molecule has 0 aromatic heterocycles. The third-order valence-corrected chi connectivity index (χ3v) is 4.89. The first kappa shape index (κ1) is 15.1. The van der Waals surface area contributed by atoms with Gasteiger partial charge >= 0.3 is 12.0 Å². The van der Waals surface area contributed by atoms with Gasteiger partial charge in [0.25, 0.3) is 0 Å². The maximum Gasteiger partial charge on any atom is 0.320 e. The Morgan fingerprint density at radius 2 is 1.70 bits per heavy atom. The molecule has 2 aliphatic heterocycles. The lowest BCUT2D eigenvalue weighted by Crippen LogP contribution is -2.58. The molecule has 3 atom stereocenters. The molecule has 0 aromatic rings. The van der Waals surface area contributed by atoms with E-state index in [1.54, 1.807) is 11.8 Å². The van der Waals surface area contributed by atoms with Crippen molar-refractivity contribution in [2.75, 3.05) is 33.2 Å². The predicted octanol–water partition coefficient (Wildman–Crippen LogP) is 0.927. The number of rotatable bonds is 1. The Labute approximate surface area is 120 Å². The lowest BCUT2D eigenvalue weighted by Gasteiger charge is -2.43. The first-order chi connectivity index (χ1) is 9.24. The summed E-state index contributed by atoms with van der Waals surface area (Å²) < 4.78 is 0. The molecule has 0 spiro atoms. The van der Waals surface area contributed by atoms with Gasteiger partial charge in [0.15, 0.2) is 0 Å². The average Bonchev–Trinajstić information content (AvgIpc) is 2.78. The van der Waals surface area contributed by atoms with Gasteiger partial charge in [-0.25, -0.2) is 4.79 Å². The summed E-state index contributed by atoms with van der Waals surface area (Å²) in [7, 11) is 2.08. The number of piperazine rings is 1. The monoisotopic (exact) mass is 283 g/mol. The van der Waals surface area contributed by atoms with Gasteiger partial charge in [-0.3, -0.25) is 9.69 Å². The minimum atomic E-state index is -0.812. The third-order valence-electron chi connectivity index (χ3n) is 4.89. The van der Waals surface area contributed by atoms with Crippen LogP contribution in [0.15, 0.2) is 0 Å². The van der Waals surface area contributed by atoms with E-state index in [1.807, 2.05) is 4.90 Å². The Kier molecular flexibility index (Phi) is 3.95. The zero-order valence-electron chi connectivity index (χ0n) is 12.8. The van der Waals surface area contributed by atoms with Crippen molar-refractivity contribution in [3.63, 3.8) is 0 Å². The fourth-order valence-electron chi connectivity index (χ4n) is 3.06. The molecule has 0 radical (unpaired) electrons. The van der Waals surface area contributed by atoms with E-state index < -0.39 is 11.4 Å². The summed E-state index contributed by atoms with van der Waals surface area (Å²) in [6, 6.07) is 0.647. The van der Waals surface area contributed by atoms with E-state index in [9.17, 15) is 14.7 Å². The summed E-state index contributed by atoms with van der Waals surface area (Å²) in [6.07, 6.45) is 0.535. The summed E-state index contributed by atoms with van der Waals surface area (Å²) >= 11 is 0. The van der Waals surface area contributed by atoms with Crippen molar-refractivity contribution < 1.29 is 14.7 Å². The van der Waals surface area contributed by atoms with Crippen LogP contribution in [0.1, 0.15) is 27.2 Å². The van der Waals surface area contributed by atoms with Crippen molar-refractivity contribution in [2.45, 2.75) is 39.3 Å². The number of hydrogen-bond acceptors (Lipinski definition) is 3. The van der Waals surface area contributed by atoms with E-state index in [2.05, 4.69) is 25.8 Å². The van der Waals surface area contributed by atoms with Crippen molar-refractivity contribution >= 4 is 12.0 Å². The molecule has 2 heterocycles. The van der Waals surface area contributed by atoms with Gasteiger partial charge in [0.05, 0.1) is 5.41 Å². The van der Waals surface area contributed by atoms with Crippen LogP contribution in [0.4, 0.5) is 4.79 Å². The zero-order valence-corrected chi connectivity index (χ0v) is 12.8. The molecule has 2 amide bonds. The van der Waals surface area contributed by atoms with Crippen LogP contribution in [0.5, 0.6) is 0 Å². The third kappa shape index (κ3) is 2.61. The van der Waals surface area contributed by atoms with E-state index in [0.717, 1.165) is 0 Å². The average molecular weight is 283 g/mol. The van der Waals surface area contributed by atoms with Crippen LogP contribution in [0.25, 0.3) is 0 Å². The number of likely N-dealkylation sites (N-methyl/N-ethyl adjacent to an activating group) is 1. The molecule has 0 saturated carbocycles. The number of urea groups is 1. The van der Waals surface area contributed by atoms with Crippen LogP contribution in [0.3, 0.4) is 0 Å². The molecule has 2 aliphatic rings. The van der Waals surface area contributed by atoms with Crippen molar-refractivity contribution in [1.29, 1.82) is 0 Å². The molecule has 0 aromatic carbocycles. The largest absolute Gasteiger partial charge is 0.481 e. The lowest BCUT2D eigenvalue weighted by molar-refractivity contribution is -0.147. The maximum absolute atomic E-state index is 12.5. The van der Waals surface area contributed by atoms with Crippen LogP contribution >= 0.6 is 0 Å². The van der Waals surface area contributed by atoms with Crippen LogP contribution in [-0.4, -0.2) is 77.1 Å². The number of amides is 2. The van der Waals surface area contributed by atoms with Gasteiger partial charge in [0, 0.05) is 38.3 Å². The summed E-state index contributed by atoms with van der Waals surface area (Å²) in [5, 5.41) is 9.24. The second-order valence-corrected chi connectivity index (χ2v) is 6.59. The van der Waals surface area contributed by atoms with Crippen LogP contribution < -0.4 is 0 Å². The molecule has 0 bridgehead atoms. The Morgan fingerprint density at radius 3 is 2.15 bits per heavy atom. The van der Waals surface area contributed by atoms with Crippen LogP contribution in [0.2, 0.25) is 0 Å². The lowest BCUT2D eigenvalue weighted by atomic mass is 9.90. The summed E-state index contributed by atoms with van der Waals surface area (Å²) in [5.74, 6) is -0.812. The number of hydrogen-bond donors (Lipinski definition) is 1. The van der Waals surface area contributed by atoms with Crippen LogP contribution in [-0.2, 0) is 4.79 Å². The minimum Gasteiger partial charge on any atom is -0.481 e. The highest BCUT2D eigenvalue weighted by Crippen LogP contribution is 2.31. The highest BCUT2D eigenvalue weighted by molar-refractivity contribution is 5.79. The number of carboxylic acids is 1.